The molecule has 0 unspecified atom stereocenters. The van der Waals surface area contributed by atoms with E-state index in [4.69, 9.17) is 0 Å². The van der Waals surface area contributed by atoms with Crippen LogP contribution in [0.3, 0.4) is 0 Å². The molecule has 0 aliphatic heterocycles. The molecule has 1 heteroatoms. The lowest BCUT2D eigenvalue weighted by Gasteiger charge is -2.02. The van der Waals surface area contributed by atoms with E-state index in [0.29, 0.717) is 0 Å². The molecule has 0 spiro atoms. The van der Waals surface area contributed by atoms with Crippen molar-refractivity contribution in [1.29, 1.82) is 0 Å². The van der Waals surface area contributed by atoms with Crippen LogP contribution in [-0.2, 0) is 0 Å². The summed E-state index contributed by atoms with van der Waals surface area (Å²) in [6.45, 7) is 9.10. The lowest BCUT2D eigenvalue weighted by atomic mass is 10.2. The average molecular weight is 208 g/mol. The third-order valence-electron chi connectivity index (χ3n) is 1.79. The third kappa shape index (κ3) is 11.5. The van der Waals surface area contributed by atoms with Crippen molar-refractivity contribution in [2.45, 2.75) is 58.7 Å². The van der Waals surface area contributed by atoms with Crippen molar-refractivity contribution in [3.63, 3.8) is 0 Å². The van der Waals surface area contributed by atoms with Crippen LogP contribution in [0, 0.1) is 11.5 Å². The summed E-state index contributed by atoms with van der Waals surface area (Å²) in [5.74, 6) is 3.28. The van der Waals surface area contributed by atoms with Crippen LogP contribution >= 0.6 is 0 Å². The quantitative estimate of drug-likeness (QED) is 0.272. The summed E-state index contributed by atoms with van der Waals surface area (Å²) in [5.41, 5.74) is 3.38. The fourth-order valence-corrected chi connectivity index (χ4v) is 1.70. The highest BCUT2D eigenvalue weighted by molar-refractivity contribution is 6.83. The van der Waals surface area contributed by atoms with E-state index in [1.807, 2.05) is 0 Å². The van der Waals surface area contributed by atoms with E-state index >= 15 is 0 Å². The standard InChI is InChI=1S/C13H24Si/c1-5-6-7-8-9-10-11-12-13-14(2,3)4/h8-9H,5-7,10-11H2,1-4H3/b9-8+. The molecule has 0 N–H and O–H groups in total. The van der Waals surface area contributed by atoms with E-state index in [2.05, 4.69) is 50.2 Å². The van der Waals surface area contributed by atoms with Gasteiger partial charge in [0.15, 0.2) is 0 Å². The molecule has 0 heterocycles. The predicted molar refractivity (Wildman–Crippen MR) is 69.0 cm³/mol. The van der Waals surface area contributed by atoms with Gasteiger partial charge in [-0.05, 0) is 12.8 Å². The molecule has 0 aliphatic carbocycles. The molecule has 0 rings (SSSR count). The highest BCUT2D eigenvalue weighted by atomic mass is 28.3. The summed E-state index contributed by atoms with van der Waals surface area (Å²) >= 11 is 0. The molecule has 0 aromatic heterocycles. The van der Waals surface area contributed by atoms with Crippen LogP contribution in [0.15, 0.2) is 12.2 Å². The van der Waals surface area contributed by atoms with Crippen molar-refractivity contribution in [2.75, 3.05) is 0 Å². The SMILES string of the molecule is CCCC/C=C/CCC#C[Si](C)(C)C. The van der Waals surface area contributed by atoms with Crippen LogP contribution in [-0.4, -0.2) is 8.07 Å². The molecule has 0 radical (unpaired) electrons. The van der Waals surface area contributed by atoms with Crippen molar-refractivity contribution in [2.24, 2.45) is 0 Å². The van der Waals surface area contributed by atoms with Gasteiger partial charge in [0.2, 0.25) is 0 Å². The number of rotatable bonds is 5. The first-order valence-electron chi connectivity index (χ1n) is 5.71. The maximum absolute atomic E-state index is 3.38. The zero-order chi connectivity index (χ0) is 10.9. The van der Waals surface area contributed by atoms with E-state index in [1.54, 1.807) is 0 Å². The molecular formula is C13H24Si. The molecule has 0 amide bonds. The molecule has 0 saturated heterocycles. The lowest BCUT2D eigenvalue weighted by molar-refractivity contribution is 0.812. The normalized spacial score (nSPS) is 11.4. The molecule has 0 atom stereocenters. The first-order valence-corrected chi connectivity index (χ1v) is 9.21. The Morgan fingerprint density at radius 2 is 1.71 bits per heavy atom. The topological polar surface area (TPSA) is 0 Å². The van der Waals surface area contributed by atoms with Crippen molar-refractivity contribution < 1.29 is 0 Å². The van der Waals surface area contributed by atoms with E-state index in [1.165, 1.54) is 19.3 Å². The molecule has 80 valence electrons. The van der Waals surface area contributed by atoms with Gasteiger partial charge >= 0.3 is 0 Å². The van der Waals surface area contributed by atoms with Gasteiger partial charge in [-0.3, -0.25) is 0 Å². The number of unbranched alkanes of at least 4 members (excludes halogenated alkanes) is 3. The van der Waals surface area contributed by atoms with Gasteiger partial charge in [-0.25, -0.2) is 0 Å². The summed E-state index contributed by atoms with van der Waals surface area (Å²) in [7, 11) is -1.12. The first kappa shape index (κ1) is 13.5. The van der Waals surface area contributed by atoms with Gasteiger partial charge in [0.1, 0.15) is 8.07 Å². The molecule has 0 bridgehead atoms. The fourth-order valence-electron chi connectivity index (χ4n) is 1.04. The molecule has 0 aromatic carbocycles. The minimum atomic E-state index is -1.12. The van der Waals surface area contributed by atoms with Gasteiger partial charge in [-0.1, -0.05) is 51.6 Å². The fraction of sp³-hybridized carbons (Fsp3) is 0.692. The Hall–Kier alpha value is -0.483. The van der Waals surface area contributed by atoms with E-state index < -0.39 is 8.07 Å². The van der Waals surface area contributed by atoms with E-state index in [9.17, 15) is 0 Å². The summed E-state index contributed by atoms with van der Waals surface area (Å²) in [4.78, 5) is 0. The molecule has 0 saturated carbocycles. The second kappa shape index (κ2) is 7.88. The predicted octanol–water partition coefficient (Wildman–Crippen LogP) is 4.39. The Morgan fingerprint density at radius 3 is 2.29 bits per heavy atom. The van der Waals surface area contributed by atoms with Crippen molar-refractivity contribution in [1.82, 2.24) is 0 Å². The summed E-state index contributed by atoms with van der Waals surface area (Å²) in [6, 6.07) is 0. The minimum Gasteiger partial charge on any atom is -0.132 e. The highest BCUT2D eigenvalue weighted by Gasteiger charge is 2.06. The zero-order valence-corrected chi connectivity index (χ0v) is 11.2. The van der Waals surface area contributed by atoms with Gasteiger partial charge in [0.05, 0.1) is 0 Å². The zero-order valence-electron chi connectivity index (χ0n) is 10.2. The Labute approximate surface area is 90.8 Å². The smallest absolute Gasteiger partial charge is 0.129 e. The Bertz CT molecular complexity index is 210. The van der Waals surface area contributed by atoms with Gasteiger partial charge in [-0.2, -0.15) is 0 Å². The molecule has 0 nitrogen and oxygen atoms in total. The minimum absolute atomic E-state index is 1.03. The Kier molecular flexibility index (Phi) is 7.61. The second-order valence-corrected chi connectivity index (χ2v) is 9.45. The molecule has 0 fully saturated rings. The van der Waals surface area contributed by atoms with Gasteiger partial charge in [0.25, 0.3) is 0 Å². The lowest BCUT2D eigenvalue weighted by Crippen LogP contribution is -2.16. The summed E-state index contributed by atoms with van der Waals surface area (Å²) in [5, 5.41) is 0. The van der Waals surface area contributed by atoms with Crippen LogP contribution in [0.4, 0.5) is 0 Å². The van der Waals surface area contributed by atoms with Crippen molar-refractivity contribution in [3.05, 3.63) is 12.2 Å². The summed E-state index contributed by atoms with van der Waals surface area (Å²) in [6.07, 6.45) is 10.6. The molecule has 14 heavy (non-hydrogen) atoms. The van der Waals surface area contributed by atoms with Gasteiger partial charge in [0, 0.05) is 6.42 Å². The Morgan fingerprint density at radius 1 is 1.07 bits per heavy atom. The molecule has 0 aliphatic rings. The first-order chi connectivity index (χ1) is 6.56. The number of allylic oxidation sites excluding steroid dienone is 2. The van der Waals surface area contributed by atoms with Crippen LogP contribution in [0.2, 0.25) is 19.6 Å². The van der Waals surface area contributed by atoms with E-state index in [0.717, 1.165) is 12.8 Å². The molecule has 0 aromatic rings. The van der Waals surface area contributed by atoms with Gasteiger partial charge < -0.3 is 0 Å². The van der Waals surface area contributed by atoms with Crippen molar-refractivity contribution in [3.8, 4) is 11.5 Å². The Balaban J connectivity index is 3.45. The maximum Gasteiger partial charge on any atom is 0.129 e. The number of hydrogen-bond donors (Lipinski definition) is 0. The largest absolute Gasteiger partial charge is 0.132 e. The number of hydrogen-bond acceptors (Lipinski definition) is 0. The average Bonchev–Trinajstić information content (AvgIpc) is 2.08. The monoisotopic (exact) mass is 208 g/mol. The second-order valence-electron chi connectivity index (χ2n) is 4.70. The summed E-state index contributed by atoms with van der Waals surface area (Å²) < 4.78 is 0. The van der Waals surface area contributed by atoms with Crippen LogP contribution in [0.1, 0.15) is 39.0 Å². The maximum atomic E-state index is 3.38. The van der Waals surface area contributed by atoms with Crippen LogP contribution in [0.25, 0.3) is 0 Å². The van der Waals surface area contributed by atoms with Crippen LogP contribution < -0.4 is 0 Å². The van der Waals surface area contributed by atoms with E-state index in [-0.39, 0.29) is 0 Å². The molecular weight excluding hydrogens is 184 g/mol. The van der Waals surface area contributed by atoms with Crippen LogP contribution in [0.5, 0.6) is 0 Å². The highest BCUT2D eigenvalue weighted by Crippen LogP contribution is 1.99. The van der Waals surface area contributed by atoms with Gasteiger partial charge in [-0.15, -0.1) is 11.5 Å². The van der Waals surface area contributed by atoms with Crippen molar-refractivity contribution >= 4 is 8.07 Å². The third-order valence-corrected chi connectivity index (χ3v) is 2.72.